The standard InChI is InChI=1S/C10H17N3O2S/c1-2-7(9(11)16)10(15)12-5-6-3-4-8(14)13-6/h6-7H,2-5H2,1H3,(H2,11,16)(H,12,15)(H,13,14). The summed E-state index contributed by atoms with van der Waals surface area (Å²) in [5.41, 5.74) is 5.45. The van der Waals surface area contributed by atoms with Crippen molar-refractivity contribution < 1.29 is 9.59 Å². The molecule has 0 aromatic rings. The van der Waals surface area contributed by atoms with E-state index in [0.717, 1.165) is 6.42 Å². The second kappa shape index (κ2) is 5.79. The minimum Gasteiger partial charge on any atom is -0.393 e. The maximum absolute atomic E-state index is 11.7. The third-order valence-corrected chi connectivity index (χ3v) is 2.96. The van der Waals surface area contributed by atoms with E-state index in [1.165, 1.54) is 0 Å². The highest BCUT2D eigenvalue weighted by Gasteiger charge is 2.23. The summed E-state index contributed by atoms with van der Waals surface area (Å²) >= 11 is 4.81. The molecule has 1 fully saturated rings. The Morgan fingerprint density at radius 2 is 2.44 bits per heavy atom. The molecule has 0 aliphatic carbocycles. The van der Waals surface area contributed by atoms with Crippen LogP contribution in [0.2, 0.25) is 0 Å². The van der Waals surface area contributed by atoms with Crippen LogP contribution in [0.25, 0.3) is 0 Å². The van der Waals surface area contributed by atoms with Crippen molar-refractivity contribution in [1.82, 2.24) is 10.6 Å². The number of nitrogens with two attached hydrogens (primary N) is 1. The Balaban J connectivity index is 2.34. The summed E-state index contributed by atoms with van der Waals surface area (Å²) in [5.74, 6) is -0.524. The van der Waals surface area contributed by atoms with Crippen LogP contribution in [0, 0.1) is 5.92 Å². The van der Waals surface area contributed by atoms with E-state index < -0.39 is 5.92 Å². The van der Waals surface area contributed by atoms with Crippen molar-refractivity contribution in [2.45, 2.75) is 32.2 Å². The Morgan fingerprint density at radius 1 is 1.75 bits per heavy atom. The van der Waals surface area contributed by atoms with Crippen molar-refractivity contribution in [2.75, 3.05) is 6.54 Å². The largest absolute Gasteiger partial charge is 0.393 e. The molecule has 0 aromatic heterocycles. The third kappa shape index (κ3) is 3.44. The zero-order valence-electron chi connectivity index (χ0n) is 9.29. The van der Waals surface area contributed by atoms with E-state index in [4.69, 9.17) is 18.0 Å². The summed E-state index contributed by atoms with van der Waals surface area (Å²) < 4.78 is 0. The molecule has 0 radical (unpaired) electrons. The second-order valence-electron chi connectivity index (χ2n) is 3.91. The van der Waals surface area contributed by atoms with Gasteiger partial charge in [-0.3, -0.25) is 9.59 Å². The summed E-state index contributed by atoms with van der Waals surface area (Å²) in [5, 5.41) is 5.53. The van der Waals surface area contributed by atoms with Gasteiger partial charge in [0.05, 0.1) is 10.9 Å². The van der Waals surface area contributed by atoms with Gasteiger partial charge in [-0.15, -0.1) is 0 Å². The minimum atomic E-state index is -0.410. The van der Waals surface area contributed by atoms with Gasteiger partial charge in [0.2, 0.25) is 11.8 Å². The van der Waals surface area contributed by atoms with Crippen molar-refractivity contribution in [3.05, 3.63) is 0 Å². The van der Waals surface area contributed by atoms with E-state index in [-0.39, 0.29) is 22.8 Å². The average molecular weight is 243 g/mol. The van der Waals surface area contributed by atoms with Crippen molar-refractivity contribution in [3.63, 3.8) is 0 Å². The zero-order chi connectivity index (χ0) is 12.1. The van der Waals surface area contributed by atoms with Crippen LogP contribution in [0.5, 0.6) is 0 Å². The zero-order valence-corrected chi connectivity index (χ0v) is 10.1. The Hall–Kier alpha value is -1.17. The van der Waals surface area contributed by atoms with E-state index in [1.807, 2.05) is 6.92 Å². The summed E-state index contributed by atoms with van der Waals surface area (Å²) in [6, 6.07) is 0.0419. The number of amides is 2. The molecule has 0 saturated carbocycles. The van der Waals surface area contributed by atoms with E-state index in [0.29, 0.717) is 19.4 Å². The van der Waals surface area contributed by atoms with E-state index in [9.17, 15) is 9.59 Å². The van der Waals surface area contributed by atoms with Crippen molar-refractivity contribution in [1.29, 1.82) is 0 Å². The first-order chi connectivity index (χ1) is 7.54. The smallest absolute Gasteiger partial charge is 0.229 e. The van der Waals surface area contributed by atoms with Gasteiger partial charge >= 0.3 is 0 Å². The predicted molar refractivity (Wildman–Crippen MR) is 64.7 cm³/mol. The van der Waals surface area contributed by atoms with Crippen molar-refractivity contribution in [3.8, 4) is 0 Å². The highest BCUT2D eigenvalue weighted by Crippen LogP contribution is 2.07. The highest BCUT2D eigenvalue weighted by molar-refractivity contribution is 7.80. The highest BCUT2D eigenvalue weighted by atomic mass is 32.1. The maximum Gasteiger partial charge on any atom is 0.229 e. The summed E-state index contributed by atoms with van der Waals surface area (Å²) in [4.78, 5) is 22.8. The van der Waals surface area contributed by atoms with Gasteiger partial charge < -0.3 is 16.4 Å². The summed E-state index contributed by atoms with van der Waals surface area (Å²) in [7, 11) is 0. The molecule has 6 heteroatoms. The van der Waals surface area contributed by atoms with Gasteiger partial charge in [0, 0.05) is 19.0 Å². The van der Waals surface area contributed by atoms with Crippen LogP contribution in [0.1, 0.15) is 26.2 Å². The van der Waals surface area contributed by atoms with Crippen LogP contribution >= 0.6 is 12.2 Å². The van der Waals surface area contributed by atoms with Crippen LogP contribution in [0.3, 0.4) is 0 Å². The predicted octanol–water partition coefficient (Wildman–Crippen LogP) is -0.306. The van der Waals surface area contributed by atoms with Crippen LogP contribution in [0.15, 0.2) is 0 Å². The lowest BCUT2D eigenvalue weighted by Crippen LogP contribution is -2.43. The molecule has 16 heavy (non-hydrogen) atoms. The second-order valence-corrected chi connectivity index (χ2v) is 4.38. The molecule has 2 unspecified atom stereocenters. The molecule has 1 heterocycles. The lowest BCUT2D eigenvalue weighted by atomic mass is 10.1. The molecular weight excluding hydrogens is 226 g/mol. The van der Waals surface area contributed by atoms with Crippen LogP contribution < -0.4 is 16.4 Å². The fourth-order valence-electron chi connectivity index (χ4n) is 1.69. The molecule has 5 nitrogen and oxygen atoms in total. The fourth-order valence-corrected chi connectivity index (χ4v) is 1.97. The molecule has 1 aliphatic rings. The normalized spacial score (nSPS) is 21.3. The maximum atomic E-state index is 11.7. The average Bonchev–Trinajstić information content (AvgIpc) is 2.62. The molecular formula is C10H17N3O2S. The molecule has 0 bridgehead atoms. The van der Waals surface area contributed by atoms with E-state index in [1.54, 1.807) is 0 Å². The molecule has 4 N–H and O–H groups in total. The van der Waals surface area contributed by atoms with Crippen molar-refractivity contribution >= 4 is 29.0 Å². The first kappa shape index (κ1) is 12.9. The van der Waals surface area contributed by atoms with Gasteiger partial charge in [-0.05, 0) is 12.8 Å². The summed E-state index contributed by atoms with van der Waals surface area (Å²) in [6.45, 7) is 2.31. The van der Waals surface area contributed by atoms with E-state index in [2.05, 4.69) is 10.6 Å². The molecule has 1 saturated heterocycles. The molecule has 0 aromatic carbocycles. The Bertz CT molecular complexity index is 306. The number of nitrogens with one attached hydrogen (secondary N) is 2. The summed E-state index contributed by atoms with van der Waals surface area (Å²) in [6.07, 6.45) is 1.90. The van der Waals surface area contributed by atoms with Gasteiger partial charge in [0.15, 0.2) is 0 Å². The van der Waals surface area contributed by atoms with Gasteiger partial charge in [-0.1, -0.05) is 19.1 Å². The number of carbonyl (C=O) groups is 2. The van der Waals surface area contributed by atoms with E-state index >= 15 is 0 Å². The molecule has 2 atom stereocenters. The Morgan fingerprint density at radius 3 is 2.88 bits per heavy atom. The minimum absolute atomic E-state index is 0.0419. The van der Waals surface area contributed by atoms with Gasteiger partial charge in [-0.25, -0.2) is 0 Å². The number of carbonyl (C=O) groups excluding carboxylic acids is 2. The molecule has 1 aliphatic heterocycles. The fraction of sp³-hybridized carbons (Fsp3) is 0.700. The topological polar surface area (TPSA) is 84.2 Å². The quantitative estimate of drug-likeness (QED) is 0.579. The van der Waals surface area contributed by atoms with Crippen molar-refractivity contribution in [2.24, 2.45) is 11.7 Å². The lowest BCUT2D eigenvalue weighted by Gasteiger charge is -2.16. The SMILES string of the molecule is CCC(C(=O)NCC1CCC(=O)N1)C(N)=S. The Labute approximate surface area is 100 Å². The van der Waals surface area contributed by atoms with Gasteiger partial charge in [-0.2, -0.15) is 0 Å². The van der Waals surface area contributed by atoms with Gasteiger partial charge in [0.1, 0.15) is 0 Å². The number of hydrogen-bond donors (Lipinski definition) is 3. The van der Waals surface area contributed by atoms with Crippen LogP contribution in [0.4, 0.5) is 0 Å². The first-order valence-electron chi connectivity index (χ1n) is 5.41. The third-order valence-electron chi connectivity index (χ3n) is 2.68. The Kier molecular flexibility index (Phi) is 4.67. The molecule has 0 spiro atoms. The monoisotopic (exact) mass is 243 g/mol. The molecule has 2 amide bonds. The molecule has 1 rings (SSSR count). The van der Waals surface area contributed by atoms with Crippen LogP contribution in [-0.2, 0) is 9.59 Å². The number of thiocarbonyl (C=S) groups is 1. The first-order valence-corrected chi connectivity index (χ1v) is 5.81. The lowest BCUT2D eigenvalue weighted by molar-refractivity contribution is -0.123. The molecule has 90 valence electrons. The van der Waals surface area contributed by atoms with Crippen LogP contribution in [-0.4, -0.2) is 29.4 Å². The van der Waals surface area contributed by atoms with Gasteiger partial charge in [0.25, 0.3) is 0 Å². The number of rotatable bonds is 5. The number of hydrogen-bond acceptors (Lipinski definition) is 3.